The van der Waals surface area contributed by atoms with Crippen molar-refractivity contribution in [2.45, 2.75) is 25.2 Å². The molecule has 2 heterocycles. The minimum atomic E-state index is 0.0451. The van der Waals surface area contributed by atoms with Crippen LogP contribution in [0.25, 0.3) is 5.78 Å². The Morgan fingerprint density at radius 1 is 1.06 bits per heavy atom. The van der Waals surface area contributed by atoms with E-state index >= 15 is 0 Å². The Bertz CT molecular complexity index is 1100. The first kappa shape index (κ1) is 20.9. The molecule has 0 saturated carbocycles. The number of benzene rings is 2. The zero-order valence-corrected chi connectivity index (χ0v) is 18.0. The summed E-state index contributed by atoms with van der Waals surface area (Å²) in [4.78, 5) is 23.0. The lowest BCUT2D eigenvalue weighted by atomic mass is 10.2. The highest BCUT2D eigenvalue weighted by molar-refractivity contribution is 7.99. The van der Waals surface area contributed by atoms with Crippen LogP contribution in [0.15, 0.2) is 78.2 Å². The highest BCUT2D eigenvalue weighted by Gasteiger charge is 2.15. The molecular formula is C23H23N5O2S. The number of aromatic nitrogens is 4. The third kappa shape index (κ3) is 5.61. The van der Waals surface area contributed by atoms with E-state index in [9.17, 15) is 4.79 Å². The lowest BCUT2D eigenvalue weighted by Gasteiger charge is -2.20. The Labute approximate surface area is 185 Å². The minimum absolute atomic E-state index is 0.0451. The van der Waals surface area contributed by atoms with E-state index in [2.05, 4.69) is 15.1 Å². The fourth-order valence-electron chi connectivity index (χ4n) is 3.02. The number of carbonyl (C=O) groups excluding carboxylic acids is 1. The molecule has 0 aliphatic carbocycles. The van der Waals surface area contributed by atoms with Crippen LogP contribution in [-0.2, 0) is 17.9 Å². The zero-order valence-electron chi connectivity index (χ0n) is 17.2. The summed E-state index contributed by atoms with van der Waals surface area (Å²) in [6, 6.07) is 19.7. The van der Waals surface area contributed by atoms with Crippen molar-refractivity contribution in [1.29, 1.82) is 0 Å². The van der Waals surface area contributed by atoms with Crippen LogP contribution in [0.4, 0.5) is 0 Å². The van der Waals surface area contributed by atoms with Crippen molar-refractivity contribution < 1.29 is 9.53 Å². The van der Waals surface area contributed by atoms with Crippen LogP contribution in [0.1, 0.15) is 18.1 Å². The fourth-order valence-corrected chi connectivity index (χ4v) is 3.75. The molecule has 4 rings (SSSR count). The van der Waals surface area contributed by atoms with Crippen LogP contribution in [0.5, 0.6) is 5.75 Å². The van der Waals surface area contributed by atoms with E-state index < -0.39 is 0 Å². The summed E-state index contributed by atoms with van der Waals surface area (Å²) in [5.74, 6) is 1.66. The van der Waals surface area contributed by atoms with Gasteiger partial charge in [-0.2, -0.15) is 4.98 Å². The first-order valence-electron chi connectivity index (χ1n) is 10.0. The molecule has 0 unspecified atom stereocenters. The molecule has 0 N–H and O–H groups in total. The van der Waals surface area contributed by atoms with Gasteiger partial charge in [0.15, 0.2) is 0 Å². The molecule has 0 aliphatic rings. The number of fused-ring (bicyclic) bond motifs is 1. The number of nitrogens with zero attached hydrogens (tertiary/aromatic N) is 5. The Kier molecular flexibility index (Phi) is 6.78. The monoisotopic (exact) mass is 433 g/mol. The predicted molar refractivity (Wildman–Crippen MR) is 120 cm³/mol. The Morgan fingerprint density at radius 2 is 1.87 bits per heavy atom. The van der Waals surface area contributed by atoms with Gasteiger partial charge >= 0.3 is 0 Å². The van der Waals surface area contributed by atoms with Crippen LogP contribution in [0.2, 0.25) is 0 Å². The minimum Gasteiger partial charge on any atom is -0.489 e. The molecule has 1 amide bonds. The summed E-state index contributed by atoms with van der Waals surface area (Å²) in [6.07, 6.45) is 3.45. The molecule has 0 spiro atoms. The number of amides is 1. The maximum atomic E-state index is 12.7. The second-order valence-corrected chi connectivity index (χ2v) is 7.82. The van der Waals surface area contributed by atoms with Gasteiger partial charge in [-0.25, -0.2) is 9.50 Å². The summed E-state index contributed by atoms with van der Waals surface area (Å²) in [5, 5.41) is 4.87. The number of carbonyl (C=O) groups is 1. The van der Waals surface area contributed by atoms with Crippen LogP contribution < -0.4 is 4.74 Å². The van der Waals surface area contributed by atoms with Gasteiger partial charge in [-0.05, 0) is 36.2 Å². The summed E-state index contributed by atoms with van der Waals surface area (Å²) in [6.45, 7) is 3.69. The van der Waals surface area contributed by atoms with Gasteiger partial charge in [0.05, 0.1) is 5.75 Å². The third-order valence-corrected chi connectivity index (χ3v) is 5.52. The average molecular weight is 434 g/mol. The Morgan fingerprint density at radius 3 is 2.61 bits per heavy atom. The maximum Gasteiger partial charge on any atom is 0.253 e. The van der Waals surface area contributed by atoms with Crippen LogP contribution in [0, 0.1) is 0 Å². The van der Waals surface area contributed by atoms with Gasteiger partial charge in [-0.1, -0.05) is 54.2 Å². The number of rotatable bonds is 9. The average Bonchev–Trinajstić information content (AvgIpc) is 3.24. The van der Waals surface area contributed by atoms with E-state index in [1.54, 1.807) is 23.0 Å². The third-order valence-electron chi connectivity index (χ3n) is 4.70. The fraction of sp³-hybridized carbons (Fsp3) is 0.217. The molecule has 7 nitrogen and oxygen atoms in total. The topological polar surface area (TPSA) is 72.6 Å². The molecule has 2 aromatic carbocycles. The molecular weight excluding hydrogens is 410 g/mol. The molecule has 158 valence electrons. The van der Waals surface area contributed by atoms with Gasteiger partial charge in [0, 0.05) is 25.5 Å². The smallest absolute Gasteiger partial charge is 0.253 e. The van der Waals surface area contributed by atoms with E-state index in [0.717, 1.165) is 16.9 Å². The van der Waals surface area contributed by atoms with E-state index in [1.807, 2.05) is 66.4 Å². The maximum absolute atomic E-state index is 12.7. The van der Waals surface area contributed by atoms with E-state index in [4.69, 9.17) is 4.74 Å². The van der Waals surface area contributed by atoms with Crippen LogP contribution in [-0.4, -0.2) is 42.7 Å². The molecule has 0 radical (unpaired) electrons. The normalized spacial score (nSPS) is 10.9. The zero-order chi connectivity index (χ0) is 21.5. The quantitative estimate of drug-likeness (QED) is 0.374. The second-order valence-electron chi connectivity index (χ2n) is 6.87. The van der Waals surface area contributed by atoms with E-state index in [-0.39, 0.29) is 11.7 Å². The predicted octanol–water partition coefficient (Wildman–Crippen LogP) is 3.84. The molecule has 0 atom stereocenters. The Hall–Kier alpha value is -3.39. The molecule has 2 aromatic heterocycles. The number of thioether (sulfide) groups is 1. The lowest BCUT2D eigenvalue weighted by molar-refractivity contribution is -0.128. The molecule has 4 aromatic rings. The van der Waals surface area contributed by atoms with Crippen molar-refractivity contribution >= 4 is 23.4 Å². The number of hydrogen-bond donors (Lipinski definition) is 0. The van der Waals surface area contributed by atoms with Crippen molar-refractivity contribution in [3.05, 3.63) is 84.2 Å². The summed E-state index contributed by atoms with van der Waals surface area (Å²) < 4.78 is 7.44. The molecule has 0 bridgehead atoms. The van der Waals surface area contributed by atoms with Crippen LogP contribution in [0.3, 0.4) is 0 Å². The molecule has 31 heavy (non-hydrogen) atoms. The van der Waals surface area contributed by atoms with E-state index in [1.165, 1.54) is 11.8 Å². The summed E-state index contributed by atoms with van der Waals surface area (Å²) in [7, 11) is 0. The number of ether oxygens (including phenoxy) is 1. The van der Waals surface area contributed by atoms with Crippen molar-refractivity contribution in [3.8, 4) is 5.75 Å². The van der Waals surface area contributed by atoms with E-state index in [0.29, 0.717) is 30.6 Å². The lowest BCUT2D eigenvalue weighted by Crippen LogP contribution is -2.31. The number of hydrogen-bond acceptors (Lipinski definition) is 6. The van der Waals surface area contributed by atoms with Crippen molar-refractivity contribution in [1.82, 2.24) is 24.5 Å². The standard InChI is InChI=1S/C23H23N5O2S/c1-2-27(21(29)17-31-23-25-22-24-13-6-14-28(22)26-23)15-18-9-11-20(12-10-18)30-16-19-7-4-3-5-8-19/h3-14H,2,15-17H2,1H3. The van der Waals surface area contributed by atoms with Gasteiger partial charge in [0.1, 0.15) is 12.4 Å². The highest BCUT2D eigenvalue weighted by atomic mass is 32.2. The highest BCUT2D eigenvalue weighted by Crippen LogP contribution is 2.18. The largest absolute Gasteiger partial charge is 0.489 e. The SMILES string of the molecule is CCN(Cc1ccc(OCc2ccccc2)cc1)C(=O)CSc1nc2ncccn2n1. The molecule has 0 aliphatic heterocycles. The Balaban J connectivity index is 1.29. The van der Waals surface area contributed by atoms with Crippen molar-refractivity contribution in [2.24, 2.45) is 0 Å². The molecule has 8 heteroatoms. The van der Waals surface area contributed by atoms with Gasteiger partial charge < -0.3 is 9.64 Å². The summed E-state index contributed by atoms with van der Waals surface area (Å²) in [5.41, 5.74) is 2.19. The van der Waals surface area contributed by atoms with Gasteiger partial charge in [-0.3, -0.25) is 4.79 Å². The van der Waals surface area contributed by atoms with Crippen LogP contribution >= 0.6 is 11.8 Å². The first-order chi connectivity index (χ1) is 15.2. The van der Waals surface area contributed by atoms with Crippen molar-refractivity contribution in [3.63, 3.8) is 0 Å². The van der Waals surface area contributed by atoms with Gasteiger partial charge in [-0.15, -0.1) is 5.10 Å². The van der Waals surface area contributed by atoms with Gasteiger partial charge in [0.2, 0.25) is 11.1 Å². The second kappa shape index (κ2) is 10.1. The molecule has 0 saturated heterocycles. The molecule has 0 fully saturated rings. The first-order valence-corrected chi connectivity index (χ1v) is 11.0. The summed E-state index contributed by atoms with van der Waals surface area (Å²) >= 11 is 1.32. The van der Waals surface area contributed by atoms with Gasteiger partial charge in [0.25, 0.3) is 5.78 Å². The van der Waals surface area contributed by atoms with Crippen molar-refractivity contribution in [2.75, 3.05) is 12.3 Å².